The second kappa shape index (κ2) is 7.47. The van der Waals surface area contributed by atoms with Gasteiger partial charge in [-0.3, -0.25) is 4.90 Å². The normalized spacial score (nSPS) is 15.8. The van der Waals surface area contributed by atoms with Gasteiger partial charge in [-0.05, 0) is 54.1 Å². The zero-order chi connectivity index (χ0) is 16.1. The fourth-order valence-electron chi connectivity index (χ4n) is 3.37. The fourth-order valence-corrected chi connectivity index (χ4v) is 3.37. The van der Waals surface area contributed by atoms with Crippen LogP contribution in [-0.4, -0.2) is 25.1 Å². The van der Waals surface area contributed by atoms with Gasteiger partial charge in [-0.1, -0.05) is 42.5 Å². The molecule has 0 aliphatic heterocycles. The Kier molecular flexibility index (Phi) is 5.14. The second-order valence-electron chi connectivity index (χ2n) is 6.26. The van der Waals surface area contributed by atoms with Crippen LogP contribution in [0.25, 0.3) is 0 Å². The Bertz CT molecular complexity index is 650. The van der Waals surface area contributed by atoms with Gasteiger partial charge in [0.1, 0.15) is 5.75 Å². The fraction of sp³-hybridized carbons (Fsp3) is 0.333. The molecule has 0 N–H and O–H groups in total. The van der Waals surface area contributed by atoms with E-state index >= 15 is 0 Å². The molecule has 23 heavy (non-hydrogen) atoms. The molecule has 0 heterocycles. The Balaban J connectivity index is 1.58. The predicted molar refractivity (Wildman–Crippen MR) is 96.0 cm³/mol. The van der Waals surface area contributed by atoms with Gasteiger partial charge in [-0.2, -0.15) is 0 Å². The molecular weight excluding hydrogens is 282 g/mol. The molecule has 1 atom stereocenters. The minimum atomic E-state index is 0.670. The Morgan fingerprint density at radius 1 is 1.22 bits per heavy atom. The monoisotopic (exact) mass is 307 g/mol. The van der Waals surface area contributed by atoms with Crippen LogP contribution in [0.3, 0.4) is 0 Å². The first-order valence-corrected chi connectivity index (χ1v) is 8.34. The lowest BCUT2D eigenvalue weighted by atomic mass is 9.75. The van der Waals surface area contributed by atoms with Crippen LogP contribution in [0.1, 0.15) is 29.0 Å². The molecule has 0 saturated carbocycles. The second-order valence-corrected chi connectivity index (χ2v) is 6.26. The van der Waals surface area contributed by atoms with E-state index in [1.807, 2.05) is 6.08 Å². The molecule has 2 nitrogen and oxygen atoms in total. The molecule has 1 unspecified atom stereocenters. The van der Waals surface area contributed by atoms with Crippen LogP contribution in [0.4, 0.5) is 0 Å². The Labute approximate surface area is 139 Å². The van der Waals surface area contributed by atoms with Crippen molar-refractivity contribution < 1.29 is 4.74 Å². The zero-order valence-corrected chi connectivity index (χ0v) is 13.9. The van der Waals surface area contributed by atoms with Crippen molar-refractivity contribution in [3.8, 4) is 5.75 Å². The lowest BCUT2D eigenvalue weighted by Crippen LogP contribution is -2.28. The molecule has 2 aromatic rings. The van der Waals surface area contributed by atoms with E-state index in [0.717, 1.165) is 25.4 Å². The Morgan fingerprint density at radius 2 is 2.04 bits per heavy atom. The van der Waals surface area contributed by atoms with Gasteiger partial charge in [0.2, 0.25) is 0 Å². The summed E-state index contributed by atoms with van der Waals surface area (Å²) in [7, 11) is 1.74. The lowest BCUT2D eigenvalue weighted by molar-refractivity contribution is 0.276. The molecule has 0 amide bonds. The maximum absolute atomic E-state index is 5.35. The van der Waals surface area contributed by atoms with Gasteiger partial charge < -0.3 is 4.74 Å². The summed E-state index contributed by atoms with van der Waals surface area (Å²) in [5.41, 5.74) is 4.32. The average molecular weight is 307 g/mol. The highest BCUT2D eigenvalue weighted by molar-refractivity contribution is 5.45. The first kappa shape index (κ1) is 15.8. The van der Waals surface area contributed by atoms with Gasteiger partial charge in [0.05, 0.1) is 7.11 Å². The van der Waals surface area contributed by atoms with Crippen LogP contribution < -0.4 is 4.74 Å². The SMILES string of the molecule is C=CCN(CCC1Cc2ccc(OC)cc21)Cc1ccccc1. The van der Waals surface area contributed by atoms with Gasteiger partial charge in [0, 0.05) is 13.1 Å². The molecule has 0 spiro atoms. The molecule has 2 heteroatoms. The molecule has 0 bridgehead atoms. The Morgan fingerprint density at radius 3 is 2.78 bits per heavy atom. The van der Waals surface area contributed by atoms with Crippen LogP contribution in [0.5, 0.6) is 5.75 Å². The molecule has 0 aromatic heterocycles. The summed E-state index contributed by atoms with van der Waals surface area (Å²) in [6, 6.07) is 17.1. The molecule has 1 aliphatic carbocycles. The maximum atomic E-state index is 5.35. The van der Waals surface area contributed by atoms with E-state index < -0.39 is 0 Å². The summed E-state index contributed by atoms with van der Waals surface area (Å²) in [6.45, 7) is 6.93. The van der Waals surface area contributed by atoms with Gasteiger partial charge >= 0.3 is 0 Å². The predicted octanol–water partition coefficient (Wildman–Crippen LogP) is 4.41. The van der Waals surface area contributed by atoms with E-state index in [2.05, 4.69) is 60.0 Å². The quantitative estimate of drug-likeness (QED) is 0.670. The van der Waals surface area contributed by atoms with Crippen molar-refractivity contribution in [2.24, 2.45) is 0 Å². The van der Waals surface area contributed by atoms with Crippen molar-refractivity contribution in [1.82, 2.24) is 4.90 Å². The smallest absolute Gasteiger partial charge is 0.119 e. The molecule has 0 radical (unpaired) electrons. The lowest BCUT2D eigenvalue weighted by Gasteiger charge is -2.32. The summed E-state index contributed by atoms with van der Waals surface area (Å²) < 4.78 is 5.35. The van der Waals surface area contributed by atoms with Gasteiger partial charge in [0.25, 0.3) is 0 Å². The number of benzene rings is 2. The minimum Gasteiger partial charge on any atom is -0.497 e. The highest BCUT2D eigenvalue weighted by atomic mass is 16.5. The number of nitrogens with zero attached hydrogens (tertiary/aromatic N) is 1. The first-order valence-electron chi connectivity index (χ1n) is 8.34. The van der Waals surface area contributed by atoms with Gasteiger partial charge in [-0.25, -0.2) is 0 Å². The number of fused-ring (bicyclic) bond motifs is 1. The number of hydrogen-bond donors (Lipinski definition) is 0. The zero-order valence-electron chi connectivity index (χ0n) is 13.9. The topological polar surface area (TPSA) is 12.5 Å². The first-order chi connectivity index (χ1) is 11.3. The number of rotatable bonds is 8. The number of methoxy groups -OCH3 is 1. The van der Waals surface area contributed by atoms with Crippen LogP contribution in [0, 0.1) is 0 Å². The molecule has 0 fully saturated rings. The van der Waals surface area contributed by atoms with Gasteiger partial charge in [-0.15, -0.1) is 6.58 Å². The van der Waals surface area contributed by atoms with Crippen LogP contribution in [0.15, 0.2) is 61.2 Å². The third-order valence-electron chi connectivity index (χ3n) is 4.69. The highest BCUT2D eigenvalue weighted by Crippen LogP contribution is 2.39. The van der Waals surface area contributed by atoms with E-state index in [0.29, 0.717) is 5.92 Å². The van der Waals surface area contributed by atoms with E-state index in [1.165, 1.54) is 29.5 Å². The Hall–Kier alpha value is -2.06. The summed E-state index contributed by atoms with van der Waals surface area (Å²) in [6.07, 6.45) is 4.40. The third-order valence-corrected chi connectivity index (χ3v) is 4.69. The van der Waals surface area contributed by atoms with Crippen molar-refractivity contribution in [1.29, 1.82) is 0 Å². The average Bonchev–Trinajstić information content (AvgIpc) is 2.57. The van der Waals surface area contributed by atoms with E-state index in [4.69, 9.17) is 4.74 Å². The number of hydrogen-bond acceptors (Lipinski definition) is 2. The van der Waals surface area contributed by atoms with Crippen molar-refractivity contribution in [3.63, 3.8) is 0 Å². The molecule has 120 valence electrons. The van der Waals surface area contributed by atoms with E-state index in [-0.39, 0.29) is 0 Å². The van der Waals surface area contributed by atoms with Crippen molar-refractivity contribution in [2.45, 2.75) is 25.3 Å². The van der Waals surface area contributed by atoms with Crippen LogP contribution >= 0.6 is 0 Å². The largest absolute Gasteiger partial charge is 0.497 e. The summed E-state index contributed by atoms with van der Waals surface area (Å²) in [5, 5.41) is 0. The van der Waals surface area contributed by atoms with Crippen LogP contribution in [0.2, 0.25) is 0 Å². The highest BCUT2D eigenvalue weighted by Gasteiger charge is 2.26. The van der Waals surface area contributed by atoms with Crippen molar-refractivity contribution in [3.05, 3.63) is 77.9 Å². The maximum Gasteiger partial charge on any atom is 0.119 e. The van der Waals surface area contributed by atoms with Crippen molar-refractivity contribution >= 4 is 0 Å². The molecule has 2 aromatic carbocycles. The summed E-state index contributed by atoms with van der Waals surface area (Å²) >= 11 is 0. The van der Waals surface area contributed by atoms with Crippen molar-refractivity contribution in [2.75, 3.05) is 20.2 Å². The number of ether oxygens (including phenoxy) is 1. The molecule has 0 saturated heterocycles. The van der Waals surface area contributed by atoms with E-state index in [9.17, 15) is 0 Å². The standard InChI is InChI=1S/C21H25NO/c1-3-12-22(16-17-7-5-4-6-8-17)13-11-19-14-18-9-10-20(23-2)15-21(18)19/h3-10,15,19H,1,11-14,16H2,2H3. The van der Waals surface area contributed by atoms with Gasteiger partial charge in [0.15, 0.2) is 0 Å². The summed E-state index contributed by atoms with van der Waals surface area (Å²) in [4.78, 5) is 2.47. The van der Waals surface area contributed by atoms with Crippen LogP contribution in [-0.2, 0) is 13.0 Å². The minimum absolute atomic E-state index is 0.670. The molecule has 3 rings (SSSR count). The van der Waals surface area contributed by atoms with E-state index in [1.54, 1.807) is 7.11 Å². The molecular formula is C21H25NO. The molecule has 1 aliphatic rings. The third kappa shape index (κ3) is 3.83. The summed E-state index contributed by atoms with van der Waals surface area (Å²) in [5.74, 6) is 1.64.